The van der Waals surface area contributed by atoms with E-state index in [2.05, 4.69) is 22.0 Å². The summed E-state index contributed by atoms with van der Waals surface area (Å²) in [6.45, 7) is 7.88. The lowest BCUT2D eigenvalue weighted by atomic mass is 10.2. The second-order valence-corrected chi connectivity index (χ2v) is 5.39. The van der Waals surface area contributed by atoms with Crippen LogP contribution in [-0.4, -0.2) is 62.1 Å². The van der Waals surface area contributed by atoms with Crippen LogP contribution in [0.25, 0.3) is 0 Å². The maximum Gasteiger partial charge on any atom is 0.238 e. The average Bonchev–Trinajstić information content (AvgIpc) is 2.50. The third-order valence-corrected chi connectivity index (χ3v) is 3.75. The van der Waals surface area contributed by atoms with E-state index in [0.29, 0.717) is 6.54 Å². The Morgan fingerprint density at radius 2 is 1.76 bits per heavy atom. The number of anilines is 1. The van der Waals surface area contributed by atoms with Crippen LogP contribution in [0.1, 0.15) is 13.3 Å². The van der Waals surface area contributed by atoms with Crippen LogP contribution < -0.4 is 10.1 Å². The van der Waals surface area contributed by atoms with Gasteiger partial charge in [0.15, 0.2) is 0 Å². The maximum absolute atomic E-state index is 12.0. The smallest absolute Gasteiger partial charge is 0.238 e. The Bertz CT molecular complexity index is 439. The zero-order valence-electron chi connectivity index (χ0n) is 13.0. The normalized spacial score (nSPS) is 16.7. The first kappa shape index (κ1) is 15.8. The fraction of sp³-hybridized carbons (Fsp3) is 0.562. The zero-order chi connectivity index (χ0) is 15.1. The Balaban J connectivity index is 1.74. The van der Waals surface area contributed by atoms with Crippen molar-refractivity contribution >= 4 is 11.6 Å². The van der Waals surface area contributed by atoms with Crippen LogP contribution in [0, 0.1) is 0 Å². The fourth-order valence-electron chi connectivity index (χ4n) is 2.57. The number of methoxy groups -OCH3 is 1. The summed E-state index contributed by atoms with van der Waals surface area (Å²) in [6.07, 6.45) is 1.19. The molecule has 5 nitrogen and oxygen atoms in total. The second kappa shape index (κ2) is 8.00. The summed E-state index contributed by atoms with van der Waals surface area (Å²) < 4.78 is 5.10. The van der Waals surface area contributed by atoms with E-state index in [-0.39, 0.29) is 5.91 Å². The summed E-state index contributed by atoms with van der Waals surface area (Å²) in [4.78, 5) is 16.7. The van der Waals surface area contributed by atoms with Gasteiger partial charge < -0.3 is 15.0 Å². The first-order valence-electron chi connectivity index (χ1n) is 7.60. The van der Waals surface area contributed by atoms with E-state index in [0.717, 1.165) is 44.2 Å². The van der Waals surface area contributed by atoms with Crippen molar-refractivity contribution < 1.29 is 9.53 Å². The molecule has 1 aromatic carbocycles. The van der Waals surface area contributed by atoms with E-state index in [4.69, 9.17) is 4.74 Å². The summed E-state index contributed by atoms with van der Waals surface area (Å²) in [5.74, 6) is 0.837. The van der Waals surface area contributed by atoms with E-state index in [1.165, 1.54) is 6.42 Å². The van der Waals surface area contributed by atoms with Gasteiger partial charge in [0.1, 0.15) is 5.75 Å². The van der Waals surface area contributed by atoms with Crippen LogP contribution in [0.3, 0.4) is 0 Å². The van der Waals surface area contributed by atoms with E-state index in [1.54, 1.807) is 7.11 Å². The number of nitrogens with one attached hydrogen (secondary N) is 1. The third-order valence-electron chi connectivity index (χ3n) is 3.75. The number of benzene rings is 1. The van der Waals surface area contributed by atoms with Gasteiger partial charge in [0.25, 0.3) is 0 Å². The molecule has 1 aliphatic rings. The lowest BCUT2D eigenvalue weighted by Gasteiger charge is -2.34. The number of rotatable bonds is 6. The van der Waals surface area contributed by atoms with Gasteiger partial charge in [-0.1, -0.05) is 6.92 Å². The number of hydrogen-bond acceptors (Lipinski definition) is 4. The van der Waals surface area contributed by atoms with Gasteiger partial charge in [-0.05, 0) is 37.2 Å². The van der Waals surface area contributed by atoms with E-state index < -0.39 is 0 Å². The first-order valence-corrected chi connectivity index (χ1v) is 7.60. The van der Waals surface area contributed by atoms with Gasteiger partial charge in [-0.25, -0.2) is 0 Å². The molecule has 0 bridgehead atoms. The Morgan fingerprint density at radius 1 is 1.14 bits per heavy atom. The number of piperazine rings is 1. The SMILES string of the molecule is CCCN1CCN(CC(=O)Nc2ccc(OC)cc2)CC1. The van der Waals surface area contributed by atoms with Gasteiger partial charge in [-0.3, -0.25) is 9.69 Å². The molecular formula is C16H25N3O2. The van der Waals surface area contributed by atoms with Crippen LogP contribution >= 0.6 is 0 Å². The Labute approximate surface area is 126 Å². The molecule has 116 valence electrons. The minimum absolute atomic E-state index is 0.0455. The highest BCUT2D eigenvalue weighted by Gasteiger charge is 2.18. The number of carbonyl (C=O) groups excluding carboxylic acids is 1. The number of hydrogen-bond donors (Lipinski definition) is 1. The summed E-state index contributed by atoms with van der Waals surface area (Å²) >= 11 is 0. The van der Waals surface area contributed by atoms with Gasteiger partial charge >= 0.3 is 0 Å². The number of carbonyl (C=O) groups is 1. The zero-order valence-corrected chi connectivity index (χ0v) is 13.0. The van der Waals surface area contributed by atoms with E-state index in [1.807, 2.05) is 24.3 Å². The number of ether oxygens (including phenoxy) is 1. The summed E-state index contributed by atoms with van der Waals surface area (Å²) in [7, 11) is 1.63. The Kier molecular flexibility index (Phi) is 6.02. The molecule has 1 fully saturated rings. The van der Waals surface area contributed by atoms with Crippen LogP contribution in [0.2, 0.25) is 0 Å². The molecule has 1 aliphatic heterocycles. The molecule has 1 N–H and O–H groups in total. The predicted molar refractivity (Wildman–Crippen MR) is 84.8 cm³/mol. The number of amides is 1. The Morgan fingerprint density at radius 3 is 2.33 bits per heavy atom. The van der Waals surface area contributed by atoms with Gasteiger partial charge in [0, 0.05) is 31.9 Å². The molecule has 5 heteroatoms. The van der Waals surface area contributed by atoms with Crippen LogP contribution in [0.4, 0.5) is 5.69 Å². The predicted octanol–water partition coefficient (Wildman–Crippen LogP) is 1.66. The van der Waals surface area contributed by atoms with Crippen LogP contribution in [0.15, 0.2) is 24.3 Å². The number of nitrogens with zero attached hydrogens (tertiary/aromatic N) is 2. The molecule has 0 saturated carbocycles. The molecule has 0 spiro atoms. The van der Waals surface area contributed by atoms with E-state index >= 15 is 0 Å². The van der Waals surface area contributed by atoms with Crippen LogP contribution in [0.5, 0.6) is 5.75 Å². The van der Waals surface area contributed by atoms with Gasteiger partial charge in [0.05, 0.1) is 13.7 Å². The molecule has 0 radical (unpaired) electrons. The molecule has 0 atom stereocenters. The largest absolute Gasteiger partial charge is 0.497 e. The summed E-state index contributed by atoms with van der Waals surface area (Å²) in [5, 5.41) is 2.93. The quantitative estimate of drug-likeness (QED) is 0.866. The minimum Gasteiger partial charge on any atom is -0.497 e. The van der Waals surface area contributed by atoms with Crippen molar-refractivity contribution in [3.8, 4) is 5.75 Å². The van der Waals surface area contributed by atoms with Gasteiger partial charge in [-0.15, -0.1) is 0 Å². The lowest BCUT2D eigenvalue weighted by molar-refractivity contribution is -0.117. The standard InChI is InChI=1S/C16H25N3O2/c1-3-8-18-9-11-19(12-10-18)13-16(20)17-14-4-6-15(21-2)7-5-14/h4-7H,3,8-13H2,1-2H3,(H,17,20). The molecule has 1 amide bonds. The van der Waals surface area contributed by atoms with Crippen molar-refractivity contribution in [2.75, 3.05) is 51.7 Å². The highest BCUT2D eigenvalue weighted by molar-refractivity contribution is 5.92. The minimum atomic E-state index is 0.0455. The lowest BCUT2D eigenvalue weighted by Crippen LogP contribution is -2.48. The molecule has 0 unspecified atom stereocenters. The molecule has 1 heterocycles. The highest BCUT2D eigenvalue weighted by Crippen LogP contribution is 2.15. The molecule has 1 saturated heterocycles. The van der Waals surface area contributed by atoms with E-state index in [9.17, 15) is 4.79 Å². The first-order chi connectivity index (χ1) is 10.2. The fourth-order valence-corrected chi connectivity index (χ4v) is 2.57. The monoisotopic (exact) mass is 291 g/mol. The van der Waals surface area contributed by atoms with Gasteiger partial charge in [-0.2, -0.15) is 0 Å². The summed E-state index contributed by atoms with van der Waals surface area (Å²) in [5.41, 5.74) is 0.811. The van der Waals surface area contributed by atoms with Gasteiger partial charge in [0.2, 0.25) is 5.91 Å². The molecule has 0 aliphatic carbocycles. The molecule has 0 aromatic heterocycles. The molecule has 2 rings (SSSR count). The van der Waals surface area contributed by atoms with Crippen molar-refractivity contribution in [1.82, 2.24) is 9.80 Å². The Hall–Kier alpha value is -1.59. The molecular weight excluding hydrogens is 266 g/mol. The third kappa shape index (κ3) is 5.02. The average molecular weight is 291 g/mol. The van der Waals surface area contributed by atoms with Crippen molar-refractivity contribution in [2.24, 2.45) is 0 Å². The van der Waals surface area contributed by atoms with Crippen molar-refractivity contribution in [2.45, 2.75) is 13.3 Å². The molecule has 21 heavy (non-hydrogen) atoms. The summed E-state index contributed by atoms with van der Waals surface area (Å²) in [6, 6.07) is 7.41. The van der Waals surface area contributed by atoms with Crippen molar-refractivity contribution in [3.63, 3.8) is 0 Å². The maximum atomic E-state index is 12.0. The molecule has 1 aromatic rings. The van der Waals surface area contributed by atoms with Crippen molar-refractivity contribution in [1.29, 1.82) is 0 Å². The highest BCUT2D eigenvalue weighted by atomic mass is 16.5. The topological polar surface area (TPSA) is 44.8 Å². The van der Waals surface area contributed by atoms with Crippen LogP contribution in [-0.2, 0) is 4.79 Å². The second-order valence-electron chi connectivity index (χ2n) is 5.39. The van der Waals surface area contributed by atoms with Crippen molar-refractivity contribution in [3.05, 3.63) is 24.3 Å².